The number of hydrogen-bond donors (Lipinski definition) is 0. The van der Waals surface area contributed by atoms with Crippen LogP contribution in [0, 0.1) is 24.6 Å². The first-order chi connectivity index (χ1) is 11.7. The van der Waals surface area contributed by atoms with Gasteiger partial charge in [0.25, 0.3) is 0 Å². The van der Waals surface area contributed by atoms with Crippen molar-refractivity contribution < 1.29 is 4.39 Å². The summed E-state index contributed by atoms with van der Waals surface area (Å²) in [6, 6.07) is 15.3. The van der Waals surface area contributed by atoms with E-state index in [0.29, 0.717) is 5.56 Å². The van der Waals surface area contributed by atoms with Crippen LogP contribution in [0.3, 0.4) is 0 Å². The third kappa shape index (κ3) is 4.35. The van der Waals surface area contributed by atoms with Crippen molar-refractivity contribution in [2.24, 2.45) is 11.8 Å². The summed E-state index contributed by atoms with van der Waals surface area (Å²) in [5, 5.41) is 0. The molecule has 24 heavy (non-hydrogen) atoms. The fourth-order valence-corrected chi connectivity index (χ4v) is 4.14. The molecule has 0 nitrogen and oxygen atoms in total. The molecular weight excluding hydrogens is 311 g/mol. The lowest BCUT2D eigenvalue weighted by atomic mass is 9.80. The molecule has 1 aliphatic rings. The molecule has 3 rings (SSSR count). The van der Waals surface area contributed by atoms with Crippen LogP contribution in [0.4, 0.5) is 4.39 Å². The molecule has 1 aliphatic carbocycles. The third-order valence-corrected chi connectivity index (χ3v) is 6.13. The van der Waals surface area contributed by atoms with Gasteiger partial charge in [0.05, 0.1) is 0 Å². The zero-order valence-corrected chi connectivity index (χ0v) is 15.5. The highest BCUT2D eigenvalue weighted by molar-refractivity contribution is 6.08. The zero-order valence-electron chi connectivity index (χ0n) is 14.5. The average Bonchev–Trinajstić information content (AvgIpc) is 2.63. The summed E-state index contributed by atoms with van der Waals surface area (Å²) in [6.07, 6.45) is 7.99. The highest BCUT2D eigenvalue weighted by Crippen LogP contribution is 2.33. The quantitative estimate of drug-likeness (QED) is 0.576. The second kappa shape index (κ2) is 8.11. The van der Waals surface area contributed by atoms with Gasteiger partial charge in [-0.1, -0.05) is 68.1 Å². The number of halogens is 1. The van der Waals surface area contributed by atoms with Gasteiger partial charge in [0.2, 0.25) is 0 Å². The first-order valence-electron chi connectivity index (χ1n) is 9.15. The molecule has 0 spiro atoms. The van der Waals surface area contributed by atoms with Gasteiger partial charge in [-0.25, -0.2) is 4.39 Å². The first-order valence-corrected chi connectivity index (χ1v) is 9.86. The summed E-state index contributed by atoms with van der Waals surface area (Å²) < 4.78 is 13.7. The normalized spacial score (nSPS) is 21.0. The summed E-state index contributed by atoms with van der Waals surface area (Å²) in [5.74, 6) is 1.66. The van der Waals surface area contributed by atoms with Crippen molar-refractivity contribution in [3.63, 3.8) is 0 Å². The van der Waals surface area contributed by atoms with Crippen LogP contribution < -0.4 is 0 Å². The van der Waals surface area contributed by atoms with Crippen molar-refractivity contribution in [2.75, 3.05) is 0 Å². The first kappa shape index (κ1) is 17.4. The van der Waals surface area contributed by atoms with E-state index in [4.69, 9.17) is 0 Å². The molecule has 0 unspecified atom stereocenters. The fourth-order valence-electron chi connectivity index (χ4n) is 3.73. The topological polar surface area (TPSA) is 0 Å². The maximum atomic E-state index is 13.7. The lowest BCUT2D eigenvalue weighted by molar-refractivity contribution is 0.278. The molecule has 0 atom stereocenters. The molecule has 1 saturated carbocycles. The highest BCUT2D eigenvalue weighted by atomic mass is 28.1. The Morgan fingerprint density at radius 3 is 2.17 bits per heavy atom. The van der Waals surface area contributed by atoms with Crippen LogP contribution in [0.1, 0.15) is 43.2 Å². The Morgan fingerprint density at radius 2 is 1.54 bits per heavy atom. The molecule has 0 bridgehead atoms. The van der Waals surface area contributed by atoms with E-state index in [9.17, 15) is 4.39 Å². The Bertz CT molecular complexity index is 654. The molecule has 3 radical (unpaired) electrons. The van der Waals surface area contributed by atoms with Crippen LogP contribution >= 0.6 is 0 Å². The molecule has 0 saturated heterocycles. The molecule has 0 heterocycles. The summed E-state index contributed by atoms with van der Waals surface area (Å²) >= 11 is 0. The van der Waals surface area contributed by atoms with Gasteiger partial charge in [0.15, 0.2) is 0 Å². The Morgan fingerprint density at radius 1 is 0.917 bits per heavy atom. The highest BCUT2D eigenvalue weighted by Gasteiger charge is 2.19. The summed E-state index contributed by atoms with van der Waals surface area (Å²) in [4.78, 5) is 0. The number of benzene rings is 2. The summed E-state index contributed by atoms with van der Waals surface area (Å²) in [7, 11) is 3.67. The lowest BCUT2D eigenvalue weighted by Gasteiger charge is -2.27. The summed E-state index contributed by atoms with van der Waals surface area (Å²) in [5.41, 5.74) is 4.14. The second-order valence-corrected chi connectivity index (χ2v) is 7.70. The van der Waals surface area contributed by atoms with Gasteiger partial charge in [-0.05, 0) is 59.9 Å². The van der Waals surface area contributed by atoms with Crippen LogP contribution in [0.15, 0.2) is 42.5 Å². The van der Waals surface area contributed by atoms with Crippen LogP contribution in [0.25, 0.3) is 11.1 Å². The molecule has 2 aromatic carbocycles. The minimum atomic E-state index is -0.129. The van der Waals surface area contributed by atoms with Crippen LogP contribution in [0.2, 0.25) is 6.04 Å². The fraction of sp³-hybridized carbons (Fsp3) is 0.455. The van der Waals surface area contributed by atoms with Crippen LogP contribution in [-0.4, -0.2) is 10.2 Å². The predicted octanol–water partition coefficient (Wildman–Crippen LogP) is 6.13. The van der Waals surface area contributed by atoms with E-state index in [-0.39, 0.29) is 5.82 Å². The Balaban J connectivity index is 1.56. The van der Waals surface area contributed by atoms with Crippen molar-refractivity contribution in [3.05, 3.63) is 59.4 Å². The second-order valence-electron chi connectivity index (χ2n) is 7.29. The molecule has 2 aromatic rings. The molecule has 1 fully saturated rings. The van der Waals surface area contributed by atoms with Crippen LogP contribution in [-0.2, 0) is 6.42 Å². The van der Waals surface area contributed by atoms with Crippen molar-refractivity contribution >= 4 is 10.2 Å². The average molecular weight is 338 g/mol. The van der Waals surface area contributed by atoms with Crippen molar-refractivity contribution in [1.29, 1.82) is 0 Å². The number of aryl methyl sites for hydroxylation is 2. The molecular formula is C22H26FSi. The Hall–Kier alpha value is -1.41. The van der Waals surface area contributed by atoms with Gasteiger partial charge < -0.3 is 0 Å². The summed E-state index contributed by atoms with van der Waals surface area (Å²) in [6.45, 7) is 1.80. The lowest BCUT2D eigenvalue weighted by Crippen LogP contribution is -2.14. The minimum Gasteiger partial charge on any atom is -0.207 e. The maximum absolute atomic E-state index is 13.7. The van der Waals surface area contributed by atoms with Crippen molar-refractivity contribution in [3.8, 4) is 11.1 Å². The predicted molar refractivity (Wildman–Crippen MR) is 101 cm³/mol. The van der Waals surface area contributed by atoms with Crippen molar-refractivity contribution in [1.82, 2.24) is 0 Å². The van der Waals surface area contributed by atoms with Gasteiger partial charge in [-0.3, -0.25) is 0 Å². The van der Waals surface area contributed by atoms with E-state index in [0.717, 1.165) is 35.4 Å². The number of hydrogen-bond acceptors (Lipinski definition) is 0. The van der Waals surface area contributed by atoms with Gasteiger partial charge >= 0.3 is 0 Å². The van der Waals surface area contributed by atoms with Gasteiger partial charge in [-0.2, -0.15) is 0 Å². The SMILES string of the molecule is Cc1ccc(-c2ccc(CCC3CCC(C[Si])CC3)cc2)cc1F. The minimum absolute atomic E-state index is 0.129. The molecule has 0 amide bonds. The van der Waals surface area contributed by atoms with Gasteiger partial charge in [0, 0.05) is 10.2 Å². The van der Waals surface area contributed by atoms with Gasteiger partial charge in [0.1, 0.15) is 5.82 Å². The zero-order chi connectivity index (χ0) is 16.9. The Labute approximate surface area is 148 Å². The molecule has 0 aliphatic heterocycles. The third-order valence-electron chi connectivity index (χ3n) is 5.56. The van der Waals surface area contributed by atoms with Gasteiger partial charge in [-0.15, -0.1) is 0 Å². The monoisotopic (exact) mass is 337 g/mol. The molecule has 0 aromatic heterocycles. The largest absolute Gasteiger partial charge is 0.207 e. The van der Waals surface area contributed by atoms with E-state index < -0.39 is 0 Å². The molecule has 0 N–H and O–H groups in total. The smallest absolute Gasteiger partial charge is 0.126 e. The standard InChI is InChI=1S/C22H26FSi/c1-16-2-11-21(14-22(16)23)20-12-9-18(10-13-20)4-3-17-5-7-19(15-24)8-6-17/h2,9-14,17,19H,3-8,15H2,1H3. The molecule has 125 valence electrons. The van der Waals surface area contributed by atoms with E-state index in [1.54, 1.807) is 13.0 Å². The van der Waals surface area contributed by atoms with E-state index in [2.05, 4.69) is 34.5 Å². The Kier molecular flexibility index (Phi) is 5.88. The van der Waals surface area contributed by atoms with E-state index >= 15 is 0 Å². The number of rotatable bonds is 5. The van der Waals surface area contributed by atoms with E-state index in [1.807, 2.05) is 12.1 Å². The van der Waals surface area contributed by atoms with Crippen molar-refractivity contribution in [2.45, 2.75) is 51.5 Å². The van der Waals surface area contributed by atoms with Crippen LogP contribution in [0.5, 0.6) is 0 Å². The maximum Gasteiger partial charge on any atom is 0.126 e. The molecule has 2 heteroatoms. The van der Waals surface area contributed by atoms with E-state index in [1.165, 1.54) is 37.7 Å².